The van der Waals surface area contributed by atoms with Crippen molar-refractivity contribution in [1.29, 1.82) is 0 Å². The monoisotopic (exact) mass is 279 g/mol. The van der Waals surface area contributed by atoms with Gasteiger partial charge in [0.1, 0.15) is 5.69 Å². The van der Waals surface area contributed by atoms with Crippen LogP contribution >= 0.6 is 15.9 Å². The first kappa shape index (κ1) is 10.4. The van der Waals surface area contributed by atoms with Gasteiger partial charge in [0, 0.05) is 17.7 Å². The highest BCUT2D eigenvalue weighted by Gasteiger charge is 2.37. The minimum absolute atomic E-state index is 0.213. The molecule has 3 nitrogen and oxygen atoms in total. The number of nitrogens with zero attached hydrogens (tertiary/aromatic N) is 3. The van der Waals surface area contributed by atoms with E-state index in [0.29, 0.717) is 4.47 Å². The molecule has 80 valence electrons. The van der Waals surface area contributed by atoms with Crippen LogP contribution in [0.3, 0.4) is 0 Å². The van der Waals surface area contributed by atoms with Gasteiger partial charge in [0.2, 0.25) is 5.82 Å². The van der Waals surface area contributed by atoms with Crippen LogP contribution in [0.25, 0.3) is 11.5 Å². The Morgan fingerprint density at radius 2 is 2.00 bits per heavy atom. The zero-order chi connectivity index (χ0) is 11.2. The second-order valence-electron chi connectivity index (χ2n) is 3.02. The van der Waals surface area contributed by atoms with E-state index in [9.17, 15) is 13.2 Å². The topological polar surface area (TPSA) is 30.7 Å². The second-order valence-corrected chi connectivity index (χ2v) is 3.94. The van der Waals surface area contributed by atoms with Crippen LogP contribution in [-0.2, 0) is 13.2 Å². The molecule has 0 unspecified atom stereocenters. The second kappa shape index (κ2) is 3.19. The Morgan fingerprint density at radius 1 is 1.33 bits per heavy atom. The number of fused-ring (bicyclic) bond motifs is 1. The summed E-state index contributed by atoms with van der Waals surface area (Å²) in [5, 5.41) is 0. The minimum atomic E-state index is -4.50. The lowest BCUT2D eigenvalue weighted by atomic mass is 10.3. The summed E-state index contributed by atoms with van der Waals surface area (Å²) in [7, 11) is 1.61. The average Bonchev–Trinajstić information content (AvgIpc) is 2.46. The Balaban J connectivity index is 2.66. The Kier molecular flexibility index (Phi) is 2.22. The van der Waals surface area contributed by atoms with Crippen LogP contribution in [0.1, 0.15) is 5.82 Å². The van der Waals surface area contributed by atoms with Crippen molar-refractivity contribution < 1.29 is 13.2 Å². The molecule has 0 bridgehead atoms. The van der Waals surface area contributed by atoms with Crippen LogP contribution in [0.5, 0.6) is 0 Å². The number of halogens is 4. The molecule has 0 amide bonds. The number of alkyl halides is 3. The van der Waals surface area contributed by atoms with Gasteiger partial charge in [-0.3, -0.25) is 0 Å². The molecule has 0 spiro atoms. The lowest BCUT2D eigenvalue weighted by molar-refractivity contribution is -0.144. The van der Waals surface area contributed by atoms with Gasteiger partial charge in [-0.15, -0.1) is 0 Å². The van der Waals surface area contributed by atoms with Crippen LogP contribution < -0.4 is 0 Å². The first-order valence-corrected chi connectivity index (χ1v) is 4.74. The van der Waals surface area contributed by atoms with Crippen LogP contribution in [0.15, 0.2) is 16.7 Å². The van der Waals surface area contributed by atoms with Gasteiger partial charge < -0.3 is 4.57 Å². The lowest BCUT2D eigenvalue weighted by Crippen LogP contribution is -2.07. The maximum Gasteiger partial charge on any atom is 0.451 e. The van der Waals surface area contributed by atoms with Gasteiger partial charge in [0.25, 0.3) is 0 Å². The summed E-state index contributed by atoms with van der Waals surface area (Å²) >= 11 is 3.17. The third kappa shape index (κ3) is 1.83. The summed E-state index contributed by atoms with van der Waals surface area (Å²) in [5.41, 5.74) is 0.221. The summed E-state index contributed by atoms with van der Waals surface area (Å²) in [6.07, 6.45) is -2.88. The molecular formula is C8H5BrF3N3. The molecule has 15 heavy (non-hydrogen) atoms. The van der Waals surface area contributed by atoms with Gasteiger partial charge in [0.15, 0.2) is 5.82 Å². The van der Waals surface area contributed by atoms with Crippen LogP contribution in [0.4, 0.5) is 13.2 Å². The Hall–Kier alpha value is -1.11. The molecule has 0 aromatic carbocycles. The molecule has 7 heteroatoms. The molecule has 2 aliphatic rings. The summed E-state index contributed by atoms with van der Waals surface area (Å²) in [6.45, 7) is 0. The number of imidazole rings is 1. The molecule has 2 heterocycles. The van der Waals surface area contributed by atoms with Crippen molar-refractivity contribution in [3.8, 4) is 11.5 Å². The van der Waals surface area contributed by atoms with E-state index in [-0.39, 0.29) is 11.5 Å². The predicted octanol–water partition coefficient (Wildman–Crippen LogP) is 2.70. The molecule has 0 aromatic heterocycles. The Labute approximate surface area is 91.4 Å². The quantitative estimate of drug-likeness (QED) is 0.742. The highest BCUT2D eigenvalue weighted by Crippen LogP contribution is 2.31. The highest BCUT2D eigenvalue weighted by atomic mass is 79.9. The third-order valence-corrected chi connectivity index (χ3v) is 2.28. The van der Waals surface area contributed by atoms with E-state index >= 15 is 0 Å². The average molecular weight is 280 g/mol. The number of aryl methyl sites for hydroxylation is 1. The number of rotatable bonds is 0. The maximum atomic E-state index is 12.3. The molecule has 0 fully saturated rings. The van der Waals surface area contributed by atoms with Gasteiger partial charge in [-0.2, -0.15) is 13.2 Å². The van der Waals surface area contributed by atoms with Gasteiger partial charge in [0.05, 0.1) is 0 Å². The number of hydrogen-bond acceptors (Lipinski definition) is 2. The zero-order valence-electron chi connectivity index (χ0n) is 7.51. The fourth-order valence-corrected chi connectivity index (χ4v) is 1.77. The lowest BCUT2D eigenvalue weighted by Gasteiger charge is -2.03. The van der Waals surface area contributed by atoms with Crippen molar-refractivity contribution in [2.75, 3.05) is 0 Å². The summed E-state index contributed by atoms with van der Waals surface area (Å²) in [6, 6.07) is 1.50. The summed E-state index contributed by atoms with van der Waals surface area (Å²) in [4.78, 5) is 6.85. The largest absolute Gasteiger partial charge is 0.451 e. The van der Waals surface area contributed by atoms with Crippen molar-refractivity contribution in [2.24, 2.45) is 7.05 Å². The SMILES string of the molecule is Cn1cc(Br)cc2nc(C(F)(F)F)nc1-2. The molecular weight excluding hydrogens is 275 g/mol. The molecule has 0 aromatic rings. The van der Waals surface area contributed by atoms with Crippen molar-refractivity contribution in [2.45, 2.75) is 6.18 Å². The molecule has 0 aliphatic carbocycles. The first-order chi connectivity index (χ1) is 6.88. The van der Waals surface area contributed by atoms with E-state index in [0.717, 1.165) is 0 Å². The van der Waals surface area contributed by atoms with E-state index < -0.39 is 12.0 Å². The van der Waals surface area contributed by atoms with Gasteiger partial charge >= 0.3 is 6.18 Å². The number of hydrogen-bond donors (Lipinski definition) is 0. The van der Waals surface area contributed by atoms with Gasteiger partial charge in [-0.25, -0.2) is 9.97 Å². The fourth-order valence-electron chi connectivity index (χ4n) is 1.24. The van der Waals surface area contributed by atoms with Crippen LogP contribution in [0, 0.1) is 0 Å². The van der Waals surface area contributed by atoms with Crippen LogP contribution in [0.2, 0.25) is 0 Å². The summed E-state index contributed by atoms with van der Waals surface area (Å²) in [5.74, 6) is -0.892. The standard InChI is InChI=1S/C8H5BrF3N3/c1-15-3-4(9)2-5-6(15)14-7(13-5)8(10,11)12/h2-3H,1H3. The predicted molar refractivity (Wildman–Crippen MR) is 50.3 cm³/mol. The van der Waals surface area contributed by atoms with Crippen molar-refractivity contribution in [3.63, 3.8) is 0 Å². The van der Waals surface area contributed by atoms with E-state index in [4.69, 9.17) is 0 Å². The highest BCUT2D eigenvalue weighted by molar-refractivity contribution is 9.10. The molecule has 0 N–H and O–H groups in total. The van der Waals surface area contributed by atoms with Crippen LogP contribution in [-0.4, -0.2) is 14.5 Å². The molecule has 0 saturated heterocycles. The van der Waals surface area contributed by atoms with Crippen molar-refractivity contribution in [1.82, 2.24) is 14.5 Å². The minimum Gasteiger partial charge on any atom is -0.333 e. The number of aromatic nitrogens is 3. The smallest absolute Gasteiger partial charge is 0.333 e. The third-order valence-electron chi connectivity index (χ3n) is 1.85. The molecule has 0 radical (unpaired) electrons. The maximum absolute atomic E-state index is 12.3. The molecule has 2 aliphatic heterocycles. The molecule has 0 saturated carbocycles. The van der Waals surface area contributed by atoms with E-state index in [1.165, 1.54) is 10.6 Å². The summed E-state index contributed by atoms with van der Waals surface area (Å²) < 4.78 is 39.1. The zero-order valence-corrected chi connectivity index (χ0v) is 9.09. The van der Waals surface area contributed by atoms with Gasteiger partial charge in [-0.05, 0) is 22.0 Å². The number of pyridine rings is 1. The van der Waals surface area contributed by atoms with Gasteiger partial charge in [-0.1, -0.05) is 0 Å². The van der Waals surface area contributed by atoms with Crippen molar-refractivity contribution in [3.05, 3.63) is 22.6 Å². The van der Waals surface area contributed by atoms with E-state index in [1.54, 1.807) is 13.2 Å². The Bertz CT molecular complexity index is 477. The van der Waals surface area contributed by atoms with Crippen molar-refractivity contribution >= 4 is 15.9 Å². The molecule has 2 rings (SSSR count). The van der Waals surface area contributed by atoms with E-state index in [2.05, 4.69) is 25.9 Å². The fraction of sp³-hybridized carbons (Fsp3) is 0.250. The molecule has 0 atom stereocenters. The first-order valence-electron chi connectivity index (χ1n) is 3.95. The normalized spacial score (nSPS) is 12.3. The van der Waals surface area contributed by atoms with E-state index in [1.807, 2.05) is 0 Å². The Morgan fingerprint density at radius 3 is 2.60 bits per heavy atom.